The fourth-order valence-electron chi connectivity index (χ4n) is 5.08. The van der Waals surface area contributed by atoms with Crippen LogP contribution in [0.25, 0.3) is 0 Å². The van der Waals surface area contributed by atoms with Gasteiger partial charge in [-0.2, -0.15) is 0 Å². The van der Waals surface area contributed by atoms with Crippen LogP contribution in [0.15, 0.2) is 142 Å². The molecule has 0 N–H and O–H groups in total. The smallest absolute Gasteiger partial charge is 0.345 e. The molecule has 252 valence electrons. The van der Waals surface area contributed by atoms with E-state index in [1.54, 1.807) is 58.0 Å². The molecule has 5 aromatic rings. The summed E-state index contributed by atoms with van der Waals surface area (Å²) in [6.45, 7) is 6.04. The van der Waals surface area contributed by atoms with Crippen LogP contribution in [-0.4, -0.2) is 25.2 Å². The number of ether oxygens (including phenoxy) is 4. The third kappa shape index (κ3) is 9.48. The number of hydrogen-bond acceptors (Lipinski definition) is 6. The first-order valence-corrected chi connectivity index (χ1v) is 16.8. The molecular weight excluding hydrogens is 646 g/mol. The maximum Gasteiger partial charge on any atom is 0.345 e. The van der Waals surface area contributed by atoms with Gasteiger partial charge in [-0.05, 0) is 87.4 Å². The van der Waals surface area contributed by atoms with E-state index in [4.69, 9.17) is 18.9 Å². The summed E-state index contributed by atoms with van der Waals surface area (Å²) in [5.74, 6) is -1.37. The molecule has 6 nitrogen and oxygen atoms in total. The average Bonchev–Trinajstić information content (AvgIpc) is 3.07. The topological polar surface area (TPSA) is 71.1 Å². The predicted molar refractivity (Wildman–Crippen MR) is 184 cm³/mol. The number of halogens is 2. The SMILES string of the molecule is CC(C)(OC(=O)COc1cc(OCC(=O)OC(C)(C)c2ccc(F)cc2)cc([S+](c2ccccc2)c2ccccc2)c1)c1ccc(F)cc1. The molecule has 49 heavy (non-hydrogen) atoms. The molecule has 0 unspecified atom stereocenters. The van der Waals surface area contributed by atoms with Crippen molar-refractivity contribution in [3.05, 3.63) is 150 Å². The minimum atomic E-state index is -1.03. The Balaban J connectivity index is 1.39. The lowest BCUT2D eigenvalue weighted by atomic mass is 9.98. The van der Waals surface area contributed by atoms with Gasteiger partial charge in [-0.1, -0.05) is 60.7 Å². The van der Waals surface area contributed by atoms with Gasteiger partial charge in [-0.25, -0.2) is 18.4 Å². The molecule has 0 radical (unpaired) electrons. The molecule has 0 heterocycles. The molecule has 0 aliphatic rings. The average molecular weight is 684 g/mol. The van der Waals surface area contributed by atoms with Crippen LogP contribution >= 0.6 is 0 Å². The maximum atomic E-state index is 13.5. The molecule has 0 saturated carbocycles. The van der Waals surface area contributed by atoms with E-state index in [0.29, 0.717) is 22.6 Å². The molecule has 9 heteroatoms. The van der Waals surface area contributed by atoms with Gasteiger partial charge in [-0.3, -0.25) is 0 Å². The quantitative estimate of drug-likeness (QED) is 0.0913. The van der Waals surface area contributed by atoms with Gasteiger partial charge in [0.1, 0.15) is 34.3 Å². The largest absolute Gasteiger partial charge is 0.482 e. The number of hydrogen-bond donors (Lipinski definition) is 0. The number of benzene rings is 5. The third-order valence-corrected chi connectivity index (χ3v) is 9.77. The van der Waals surface area contributed by atoms with Crippen molar-refractivity contribution in [2.45, 2.75) is 53.6 Å². The molecule has 5 rings (SSSR count). The van der Waals surface area contributed by atoms with E-state index in [1.165, 1.54) is 24.3 Å². The van der Waals surface area contributed by atoms with Gasteiger partial charge in [0.15, 0.2) is 27.9 Å². The highest BCUT2D eigenvalue weighted by atomic mass is 32.2. The van der Waals surface area contributed by atoms with E-state index in [1.807, 2.05) is 72.8 Å². The van der Waals surface area contributed by atoms with Crippen LogP contribution in [-0.2, 0) is 41.2 Å². The van der Waals surface area contributed by atoms with Crippen LogP contribution in [0.5, 0.6) is 11.5 Å². The standard InChI is InChI=1S/C40H37F2O6S/c1-39(2,28-15-19-30(41)20-16-28)47-37(43)26-45-32-23-33(46-27-38(44)48-40(3,4)29-17-21-31(42)22-18-29)25-36(24-32)49(34-11-7-5-8-12-34)35-13-9-6-10-14-35/h5-25H,26-27H2,1-4H3/q+1. The Morgan fingerprint density at radius 1 is 0.531 bits per heavy atom. The van der Waals surface area contributed by atoms with Gasteiger partial charge in [0.2, 0.25) is 0 Å². The molecule has 0 spiro atoms. The third-order valence-electron chi connectivity index (χ3n) is 7.58. The minimum absolute atomic E-state index is 0.327. The fraction of sp³-hybridized carbons (Fsp3) is 0.200. The highest BCUT2D eigenvalue weighted by molar-refractivity contribution is 7.97. The first-order valence-electron chi connectivity index (χ1n) is 15.6. The van der Waals surface area contributed by atoms with Crippen LogP contribution in [0.4, 0.5) is 8.78 Å². The zero-order valence-electron chi connectivity index (χ0n) is 27.7. The molecular formula is C40H37F2O6S+. The minimum Gasteiger partial charge on any atom is -0.482 e. The molecule has 0 saturated heterocycles. The predicted octanol–water partition coefficient (Wildman–Crippen LogP) is 8.77. The molecule has 5 aromatic carbocycles. The summed E-state index contributed by atoms with van der Waals surface area (Å²) in [6.07, 6.45) is 0. The van der Waals surface area contributed by atoms with E-state index < -0.39 is 47.2 Å². The summed E-state index contributed by atoms with van der Waals surface area (Å²) >= 11 is 0. The highest BCUT2D eigenvalue weighted by Crippen LogP contribution is 2.36. The number of rotatable bonds is 13. The fourth-order valence-corrected chi connectivity index (χ4v) is 7.23. The maximum absolute atomic E-state index is 13.5. The van der Waals surface area contributed by atoms with Crippen LogP contribution in [0.2, 0.25) is 0 Å². The summed E-state index contributed by atoms with van der Waals surface area (Å²) in [4.78, 5) is 28.8. The van der Waals surface area contributed by atoms with Crippen LogP contribution in [0, 0.1) is 11.6 Å². The highest BCUT2D eigenvalue weighted by Gasteiger charge is 2.31. The van der Waals surface area contributed by atoms with E-state index in [2.05, 4.69) is 0 Å². The van der Waals surface area contributed by atoms with Crippen molar-refractivity contribution in [3.8, 4) is 11.5 Å². The van der Waals surface area contributed by atoms with Crippen LogP contribution in [0.3, 0.4) is 0 Å². The van der Waals surface area contributed by atoms with E-state index in [9.17, 15) is 18.4 Å². The summed E-state index contributed by atoms with van der Waals surface area (Å²) < 4.78 is 50.3. The lowest BCUT2D eigenvalue weighted by molar-refractivity contribution is -0.160. The first kappa shape index (κ1) is 35.2. The van der Waals surface area contributed by atoms with Crippen molar-refractivity contribution >= 4 is 22.8 Å². The van der Waals surface area contributed by atoms with Crippen molar-refractivity contribution in [1.29, 1.82) is 0 Å². The number of esters is 2. The van der Waals surface area contributed by atoms with Gasteiger partial charge >= 0.3 is 11.9 Å². The summed E-state index contributed by atoms with van der Waals surface area (Å²) in [5, 5.41) is 0. The molecule has 0 fully saturated rings. The van der Waals surface area contributed by atoms with Crippen molar-refractivity contribution in [2.75, 3.05) is 13.2 Å². The van der Waals surface area contributed by atoms with Crippen molar-refractivity contribution in [2.24, 2.45) is 0 Å². The van der Waals surface area contributed by atoms with E-state index >= 15 is 0 Å². The first-order chi connectivity index (χ1) is 23.4. The van der Waals surface area contributed by atoms with Gasteiger partial charge < -0.3 is 18.9 Å². The second-order valence-corrected chi connectivity index (χ2v) is 14.2. The zero-order chi connectivity index (χ0) is 35.0. The normalized spacial score (nSPS) is 11.6. The molecule has 0 amide bonds. The van der Waals surface area contributed by atoms with Gasteiger partial charge in [0.05, 0.1) is 10.9 Å². The van der Waals surface area contributed by atoms with Crippen molar-refractivity contribution in [3.63, 3.8) is 0 Å². The van der Waals surface area contributed by atoms with Crippen molar-refractivity contribution in [1.82, 2.24) is 0 Å². The molecule has 0 atom stereocenters. The molecule has 0 aromatic heterocycles. The lowest BCUT2D eigenvalue weighted by Crippen LogP contribution is -2.29. The molecule has 0 aliphatic carbocycles. The van der Waals surface area contributed by atoms with E-state index in [0.717, 1.165) is 14.7 Å². The van der Waals surface area contributed by atoms with E-state index in [-0.39, 0.29) is 11.6 Å². The second kappa shape index (κ2) is 15.4. The van der Waals surface area contributed by atoms with Gasteiger partial charge in [-0.15, -0.1) is 0 Å². The Labute approximate surface area is 288 Å². The Morgan fingerprint density at radius 3 is 1.27 bits per heavy atom. The second-order valence-electron chi connectivity index (χ2n) is 12.1. The molecule has 0 aliphatic heterocycles. The van der Waals surface area contributed by atoms with Crippen molar-refractivity contribution < 1.29 is 37.3 Å². The van der Waals surface area contributed by atoms with Crippen LogP contribution < -0.4 is 9.47 Å². The number of carbonyl (C=O) groups is 2. The number of carbonyl (C=O) groups excluding carboxylic acids is 2. The summed E-state index contributed by atoms with van der Waals surface area (Å²) in [7, 11) is -0.603. The Hall–Kier alpha value is -5.15. The monoisotopic (exact) mass is 683 g/mol. The summed E-state index contributed by atoms with van der Waals surface area (Å²) in [6, 6.07) is 36.7. The molecule has 0 bridgehead atoms. The summed E-state index contributed by atoms with van der Waals surface area (Å²) in [5.41, 5.74) is -0.799. The van der Waals surface area contributed by atoms with Crippen LogP contribution in [0.1, 0.15) is 38.8 Å². The van der Waals surface area contributed by atoms with Gasteiger partial charge in [0, 0.05) is 18.2 Å². The lowest BCUT2D eigenvalue weighted by Gasteiger charge is -2.26. The zero-order valence-corrected chi connectivity index (χ0v) is 28.5. The Kier molecular flexibility index (Phi) is 11.0. The Bertz CT molecular complexity index is 1730. The Morgan fingerprint density at radius 2 is 0.898 bits per heavy atom. The van der Waals surface area contributed by atoms with Gasteiger partial charge in [0.25, 0.3) is 0 Å².